The van der Waals surface area contributed by atoms with E-state index in [-0.39, 0.29) is 5.91 Å². The smallest absolute Gasteiger partial charge is 0.253 e. The van der Waals surface area contributed by atoms with Crippen LogP contribution in [-0.2, 0) is 6.54 Å². The summed E-state index contributed by atoms with van der Waals surface area (Å²) in [6.45, 7) is 2.37. The summed E-state index contributed by atoms with van der Waals surface area (Å²) in [5.41, 5.74) is 5.11. The Kier molecular flexibility index (Phi) is 6.05. The second-order valence-electron chi connectivity index (χ2n) is 7.08. The van der Waals surface area contributed by atoms with Gasteiger partial charge in [0.05, 0.1) is 24.1 Å². The molecule has 156 valence electrons. The molecule has 0 atom stereocenters. The molecule has 0 spiro atoms. The molecule has 0 aliphatic heterocycles. The van der Waals surface area contributed by atoms with E-state index in [1.807, 2.05) is 78.2 Å². The van der Waals surface area contributed by atoms with Crippen LogP contribution in [0.2, 0.25) is 5.02 Å². The Morgan fingerprint density at radius 3 is 2.48 bits per heavy atom. The van der Waals surface area contributed by atoms with E-state index < -0.39 is 0 Å². The largest absolute Gasteiger partial charge is 0.495 e. The fourth-order valence-corrected chi connectivity index (χ4v) is 3.70. The van der Waals surface area contributed by atoms with Gasteiger partial charge in [-0.05, 0) is 60.5 Å². The maximum absolute atomic E-state index is 13.1. The van der Waals surface area contributed by atoms with Gasteiger partial charge in [0.25, 0.3) is 5.91 Å². The van der Waals surface area contributed by atoms with Crippen molar-refractivity contribution in [2.45, 2.75) is 13.5 Å². The topological polar surface area (TPSA) is 56.1 Å². The highest BCUT2D eigenvalue weighted by Crippen LogP contribution is 2.34. The molecule has 0 radical (unpaired) electrons. The molecule has 6 heteroatoms. The van der Waals surface area contributed by atoms with E-state index in [9.17, 15) is 4.79 Å². The second-order valence-corrected chi connectivity index (χ2v) is 7.52. The zero-order valence-electron chi connectivity index (χ0n) is 17.3. The van der Waals surface area contributed by atoms with E-state index in [4.69, 9.17) is 16.3 Å². The molecule has 0 bridgehead atoms. The lowest BCUT2D eigenvalue weighted by Gasteiger charge is -2.15. The van der Waals surface area contributed by atoms with E-state index in [0.717, 1.165) is 34.0 Å². The van der Waals surface area contributed by atoms with Crippen LogP contribution in [0.15, 0.2) is 79.1 Å². The van der Waals surface area contributed by atoms with Crippen LogP contribution in [0.25, 0.3) is 16.9 Å². The predicted molar refractivity (Wildman–Crippen MR) is 123 cm³/mol. The summed E-state index contributed by atoms with van der Waals surface area (Å²) in [7, 11) is 1.64. The minimum Gasteiger partial charge on any atom is -0.495 e. The molecule has 0 aliphatic carbocycles. The molecule has 4 aromatic rings. The molecule has 2 aromatic heterocycles. The normalized spacial score (nSPS) is 10.7. The number of halogens is 1. The average Bonchev–Trinajstić information content (AvgIpc) is 3.15. The fraction of sp³-hybridized carbons (Fsp3) is 0.120. The van der Waals surface area contributed by atoms with Crippen molar-refractivity contribution in [3.63, 3.8) is 0 Å². The molecular formula is C25H22ClN3O2. The molecule has 2 aromatic carbocycles. The first-order valence-electron chi connectivity index (χ1n) is 9.87. The Morgan fingerprint density at radius 1 is 1.06 bits per heavy atom. The predicted octanol–water partition coefficient (Wildman–Crippen LogP) is 5.44. The van der Waals surface area contributed by atoms with Crippen LogP contribution in [-0.4, -0.2) is 22.6 Å². The molecule has 0 fully saturated rings. The summed E-state index contributed by atoms with van der Waals surface area (Å²) >= 11 is 6.09. The number of aromatic nitrogens is 2. The van der Waals surface area contributed by atoms with Gasteiger partial charge in [0.1, 0.15) is 5.75 Å². The van der Waals surface area contributed by atoms with Crippen molar-refractivity contribution in [3.05, 3.63) is 101 Å². The number of pyridine rings is 1. The Labute approximate surface area is 186 Å². The van der Waals surface area contributed by atoms with Crippen LogP contribution >= 0.6 is 11.6 Å². The average molecular weight is 432 g/mol. The Balaban J connectivity index is 1.78. The van der Waals surface area contributed by atoms with Crippen LogP contribution in [0.5, 0.6) is 5.75 Å². The second kappa shape index (κ2) is 9.06. The first kappa shape index (κ1) is 20.7. The number of methoxy groups -OCH3 is 1. The van der Waals surface area contributed by atoms with Crippen molar-refractivity contribution in [2.24, 2.45) is 0 Å². The number of nitrogens with one attached hydrogen (secondary N) is 1. The van der Waals surface area contributed by atoms with Gasteiger partial charge in [-0.2, -0.15) is 0 Å². The first-order valence-corrected chi connectivity index (χ1v) is 10.2. The molecule has 31 heavy (non-hydrogen) atoms. The first-order chi connectivity index (χ1) is 15.1. The molecule has 1 N–H and O–H groups in total. The summed E-state index contributed by atoms with van der Waals surface area (Å²) in [5, 5.41) is 3.66. The molecule has 0 aliphatic rings. The van der Waals surface area contributed by atoms with Gasteiger partial charge in [-0.25, -0.2) is 0 Å². The van der Waals surface area contributed by atoms with E-state index in [2.05, 4.69) is 10.3 Å². The highest BCUT2D eigenvalue weighted by atomic mass is 35.5. The van der Waals surface area contributed by atoms with Crippen LogP contribution in [0.3, 0.4) is 0 Å². The SMILES string of the molecule is COc1ccccc1-n1c(-c2ccc(Cl)cc2)cc(C(=O)NCc2ccncc2)c1C. The fourth-order valence-electron chi connectivity index (χ4n) is 3.57. The van der Waals surface area contributed by atoms with Crippen LogP contribution < -0.4 is 10.1 Å². The third-order valence-electron chi connectivity index (χ3n) is 5.16. The standard InChI is InChI=1S/C25H22ClN3O2/c1-17-21(25(30)28-16-18-11-13-27-14-12-18)15-23(19-7-9-20(26)10-8-19)29(17)22-5-3-4-6-24(22)31-2/h3-15H,16H2,1-2H3,(H,28,30). The number of hydrogen-bond donors (Lipinski definition) is 1. The minimum absolute atomic E-state index is 0.141. The quantitative estimate of drug-likeness (QED) is 0.442. The lowest BCUT2D eigenvalue weighted by molar-refractivity contribution is 0.0950. The maximum Gasteiger partial charge on any atom is 0.253 e. The Morgan fingerprint density at radius 2 is 1.77 bits per heavy atom. The van der Waals surface area contributed by atoms with E-state index >= 15 is 0 Å². The summed E-state index contributed by atoms with van der Waals surface area (Å²) in [4.78, 5) is 17.1. The molecular weight excluding hydrogens is 410 g/mol. The summed E-state index contributed by atoms with van der Waals surface area (Å²) in [5.74, 6) is 0.582. The molecule has 5 nitrogen and oxygen atoms in total. The highest BCUT2D eigenvalue weighted by Gasteiger charge is 2.21. The third-order valence-corrected chi connectivity index (χ3v) is 5.41. The van der Waals surface area contributed by atoms with Gasteiger partial charge in [-0.15, -0.1) is 0 Å². The van der Waals surface area contributed by atoms with Crippen molar-refractivity contribution < 1.29 is 9.53 Å². The monoisotopic (exact) mass is 431 g/mol. The van der Waals surface area contributed by atoms with Crippen LogP contribution in [0, 0.1) is 6.92 Å². The lowest BCUT2D eigenvalue weighted by Crippen LogP contribution is -2.23. The highest BCUT2D eigenvalue weighted by molar-refractivity contribution is 6.30. The van der Waals surface area contributed by atoms with Crippen molar-refractivity contribution in [1.29, 1.82) is 0 Å². The maximum atomic E-state index is 13.1. The summed E-state index contributed by atoms with van der Waals surface area (Å²) < 4.78 is 7.64. The number of carbonyl (C=O) groups excluding carboxylic acids is 1. The zero-order chi connectivity index (χ0) is 21.8. The number of carbonyl (C=O) groups is 1. The van der Waals surface area contributed by atoms with Gasteiger partial charge in [0.2, 0.25) is 0 Å². The van der Waals surface area contributed by atoms with E-state index in [0.29, 0.717) is 17.1 Å². The zero-order valence-corrected chi connectivity index (χ0v) is 18.1. The van der Waals surface area contributed by atoms with E-state index in [1.165, 1.54) is 0 Å². The molecule has 0 unspecified atom stereocenters. The van der Waals surface area contributed by atoms with Gasteiger partial charge < -0.3 is 14.6 Å². The summed E-state index contributed by atoms with van der Waals surface area (Å²) in [6.07, 6.45) is 3.42. The van der Waals surface area contributed by atoms with Crippen molar-refractivity contribution in [1.82, 2.24) is 14.9 Å². The van der Waals surface area contributed by atoms with Gasteiger partial charge in [-0.1, -0.05) is 35.9 Å². The molecule has 0 saturated heterocycles. The van der Waals surface area contributed by atoms with Gasteiger partial charge in [-0.3, -0.25) is 9.78 Å². The van der Waals surface area contributed by atoms with Gasteiger partial charge in [0.15, 0.2) is 0 Å². The third kappa shape index (κ3) is 4.32. The molecule has 2 heterocycles. The molecule has 0 saturated carbocycles. The number of rotatable bonds is 6. The number of benzene rings is 2. The van der Waals surface area contributed by atoms with Crippen LogP contribution in [0.1, 0.15) is 21.6 Å². The number of ether oxygens (including phenoxy) is 1. The minimum atomic E-state index is -0.141. The van der Waals surface area contributed by atoms with Crippen molar-refractivity contribution in [2.75, 3.05) is 7.11 Å². The lowest BCUT2D eigenvalue weighted by atomic mass is 10.1. The Hall–Kier alpha value is -3.57. The molecule has 4 rings (SSSR count). The van der Waals surface area contributed by atoms with E-state index in [1.54, 1.807) is 19.5 Å². The number of para-hydroxylation sites is 2. The summed E-state index contributed by atoms with van der Waals surface area (Å²) in [6, 6.07) is 21.0. The number of nitrogens with zero attached hydrogens (tertiary/aromatic N) is 2. The number of hydrogen-bond acceptors (Lipinski definition) is 3. The van der Waals surface area contributed by atoms with Gasteiger partial charge >= 0.3 is 0 Å². The van der Waals surface area contributed by atoms with Gasteiger partial charge in [0, 0.05) is 29.7 Å². The number of amides is 1. The Bertz CT molecular complexity index is 1200. The van der Waals surface area contributed by atoms with Crippen LogP contribution in [0.4, 0.5) is 0 Å². The van der Waals surface area contributed by atoms with Crippen molar-refractivity contribution >= 4 is 17.5 Å². The van der Waals surface area contributed by atoms with Crippen molar-refractivity contribution in [3.8, 4) is 22.7 Å². The molecule has 1 amide bonds.